The molecule has 0 radical (unpaired) electrons. The van der Waals surface area contributed by atoms with Crippen LogP contribution in [0.25, 0.3) is 0 Å². The number of nitrogens with one attached hydrogen (secondary N) is 1. The zero-order valence-corrected chi connectivity index (χ0v) is 15.9. The zero-order valence-electron chi connectivity index (χ0n) is 15.2. The van der Waals surface area contributed by atoms with E-state index in [0.29, 0.717) is 24.5 Å². The number of benzene rings is 1. The molecule has 2 amide bonds. The summed E-state index contributed by atoms with van der Waals surface area (Å²) in [7, 11) is 0. The predicted octanol–water partition coefficient (Wildman–Crippen LogP) is 2.56. The highest BCUT2D eigenvalue weighted by molar-refractivity contribution is 6.27. The number of carbonyl (C=O) groups is 2. The molecular formula is C19H20ClFN4O3. The smallest absolute Gasteiger partial charge is 0.414 e. The quantitative estimate of drug-likeness (QED) is 0.600. The fraction of sp³-hybridized carbons (Fsp3) is 0.421. The Morgan fingerprint density at radius 2 is 2.18 bits per heavy atom. The molecule has 1 unspecified atom stereocenters. The number of hydrogen-bond acceptors (Lipinski definition) is 5. The standard InChI is InChI=1S/C19H20ClFN4O3/c20-10-18(26)23-11-15-12-25(19(27)28-15)14-1-2-17(16(21)9-14)24-7-4-13(3-6-22)5-8-24/h1-3,9,15H,4-5,7-8,10-12H2,(H,23,26). The third kappa shape index (κ3) is 4.54. The van der Waals surface area contributed by atoms with E-state index in [1.54, 1.807) is 18.2 Å². The molecule has 7 nitrogen and oxygen atoms in total. The molecule has 2 heterocycles. The maximum Gasteiger partial charge on any atom is 0.414 e. The number of halogens is 2. The van der Waals surface area contributed by atoms with Gasteiger partial charge in [0.25, 0.3) is 0 Å². The van der Waals surface area contributed by atoms with Crippen molar-refractivity contribution in [1.82, 2.24) is 5.32 Å². The summed E-state index contributed by atoms with van der Waals surface area (Å²) in [5.41, 5.74) is 1.95. The first kappa shape index (κ1) is 20.0. The molecule has 0 bridgehead atoms. The lowest BCUT2D eigenvalue weighted by Crippen LogP contribution is -2.35. The maximum atomic E-state index is 14.7. The van der Waals surface area contributed by atoms with Crippen LogP contribution in [0.1, 0.15) is 12.8 Å². The molecule has 9 heteroatoms. The van der Waals surface area contributed by atoms with Crippen LogP contribution in [0.4, 0.5) is 20.6 Å². The van der Waals surface area contributed by atoms with Gasteiger partial charge >= 0.3 is 6.09 Å². The molecule has 1 aromatic rings. The van der Waals surface area contributed by atoms with Crippen molar-refractivity contribution in [2.24, 2.45) is 0 Å². The van der Waals surface area contributed by atoms with Gasteiger partial charge in [-0.2, -0.15) is 5.26 Å². The van der Waals surface area contributed by atoms with Crippen molar-refractivity contribution >= 4 is 35.0 Å². The summed E-state index contributed by atoms with van der Waals surface area (Å²) in [5, 5.41) is 11.3. The molecule has 28 heavy (non-hydrogen) atoms. The second-order valence-corrected chi connectivity index (χ2v) is 6.88. The molecule has 1 N–H and O–H groups in total. The van der Waals surface area contributed by atoms with Gasteiger partial charge in [-0.15, -0.1) is 11.6 Å². The van der Waals surface area contributed by atoms with E-state index in [9.17, 15) is 14.0 Å². The van der Waals surface area contributed by atoms with Crippen LogP contribution in [-0.4, -0.2) is 50.2 Å². The molecule has 1 atom stereocenters. The average molecular weight is 407 g/mol. The van der Waals surface area contributed by atoms with E-state index in [1.807, 2.05) is 11.0 Å². The summed E-state index contributed by atoms with van der Waals surface area (Å²) in [6.07, 6.45) is 1.91. The topological polar surface area (TPSA) is 85.7 Å². The molecule has 2 fully saturated rings. The number of alkyl halides is 1. The van der Waals surface area contributed by atoms with Crippen LogP contribution in [0.3, 0.4) is 0 Å². The Kier molecular flexibility index (Phi) is 6.37. The minimum Gasteiger partial charge on any atom is -0.442 e. The zero-order chi connectivity index (χ0) is 20.1. The maximum absolute atomic E-state index is 14.7. The Bertz CT molecular complexity index is 829. The van der Waals surface area contributed by atoms with Crippen molar-refractivity contribution in [3.05, 3.63) is 35.7 Å². The van der Waals surface area contributed by atoms with E-state index < -0.39 is 18.0 Å². The summed E-state index contributed by atoms with van der Waals surface area (Å²) in [5.74, 6) is -0.931. The number of anilines is 2. The molecule has 0 aromatic heterocycles. The van der Waals surface area contributed by atoms with E-state index in [0.717, 1.165) is 18.4 Å². The highest BCUT2D eigenvalue weighted by atomic mass is 35.5. The summed E-state index contributed by atoms with van der Waals surface area (Å²) in [6, 6.07) is 6.68. The Hall–Kier alpha value is -2.79. The highest BCUT2D eigenvalue weighted by Crippen LogP contribution is 2.30. The van der Waals surface area contributed by atoms with Crippen LogP contribution >= 0.6 is 11.6 Å². The SMILES string of the molecule is N#CC=C1CCN(c2ccc(N3CC(CNC(=O)CCl)OC3=O)cc2F)CC1. The van der Waals surface area contributed by atoms with Crippen molar-refractivity contribution < 1.29 is 18.7 Å². The van der Waals surface area contributed by atoms with Crippen molar-refractivity contribution in [3.63, 3.8) is 0 Å². The summed E-state index contributed by atoms with van der Waals surface area (Å²) < 4.78 is 19.9. The molecule has 1 aromatic carbocycles. The first-order valence-corrected chi connectivity index (χ1v) is 9.48. The molecule has 2 aliphatic heterocycles. The summed E-state index contributed by atoms with van der Waals surface area (Å²) in [4.78, 5) is 26.6. The van der Waals surface area contributed by atoms with Crippen LogP contribution in [-0.2, 0) is 9.53 Å². The fourth-order valence-electron chi connectivity index (χ4n) is 3.30. The Morgan fingerprint density at radius 1 is 1.43 bits per heavy atom. The number of allylic oxidation sites excluding steroid dienone is 1. The van der Waals surface area contributed by atoms with E-state index in [-0.39, 0.29) is 24.9 Å². The van der Waals surface area contributed by atoms with Gasteiger partial charge < -0.3 is 15.0 Å². The second kappa shape index (κ2) is 8.93. The molecule has 2 aliphatic rings. The average Bonchev–Trinajstić information content (AvgIpc) is 3.07. The Morgan fingerprint density at radius 3 is 2.82 bits per heavy atom. The van der Waals surface area contributed by atoms with Gasteiger partial charge in [-0.1, -0.05) is 5.57 Å². The third-order valence-electron chi connectivity index (χ3n) is 4.78. The van der Waals surface area contributed by atoms with Crippen LogP contribution in [0.5, 0.6) is 0 Å². The van der Waals surface area contributed by atoms with Crippen molar-refractivity contribution in [2.75, 3.05) is 41.9 Å². The van der Waals surface area contributed by atoms with Gasteiger partial charge in [-0.25, -0.2) is 9.18 Å². The van der Waals surface area contributed by atoms with Crippen LogP contribution < -0.4 is 15.1 Å². The first-order valence-electron chi connectivity index (χ1n) is 8.94. The number of piperidine rings is 1. The van der Waals surface area contributed by atoms with E-state index in [1.165, 1.54) is 11.0 Å². The molecular weight excluding hydrogens is 387 g/mol. The molecule has 3 rings (SSSR count). The minimum absolute atomic E-state index is 0.153. The van der Waals surface area contributed by atoms with Crippen LogP contribution in [0.15, 0.2) is 29.8 Å². The summed E-state index contributed by atoms with van der Waals surface area (Å²) in [6.45, 7) is 1.64. The number of carbonyl (C=O) groups excluding carboxylic acids is 2. The molecule has 0 spiro atoms. The van der Waals surface area contributed by atoms with Gasteiger partial charge in [-0.3, -0.25) is 9.69 Å². The Labute approximate surface area is 167 Å². The van der Waals surface area contributed by atoms with Gasteiger partial charge in [0.05, 0.1) is 30.5 Å². The molecule has 0 saturated carbocycles. The lowest BCUT2D eigenvalue weighted by atomic mass is 10.0. The highest BCUT2D eigenvalue weighted by Gasteiger charge is 2.33. The van der Waals surface area contributed by atoms with Crippen molar-refractivity contribution in [3.8, 4) is 6.07 Å². The van der Waals surface area contributed by atoms with E-state index >= 15 is 0 Å². The van der Waals surface area contributed by atoms with Gasteiger partial charge in [0, 0.05) is 19.2 Å². The lowest BCUT2D eigenvalue weighted by molar-refractivity contribution is -0.119. The largest absolute Gasteiger partial charge is 0.442 e. The summed E-state index contributed by atoms with van der Waals surface area (Å²) >= 11 is 5.42. The van der Waals surface area contributed by atoms with Crippen molar-refractivity contribution in [2.45, 2.75) is 18.9 Å². The molecule has 2 saturated heterocycles. The van der Waals surface area contributed by atoms with Crippen molar-refractivity contribution in [1.29, 1.82) is 5.26 Å². The molecule has 148 valence electrons. The Balaban J connectivity index is 1.64. The van der Waals surface area contributed by atoms with E-state index in [2.05, 4.69) is 5.32 Å². The minimum atomic E-state index is -0.582. The van der Waals surface area contributed by atoms with E-state index in [4.69, 9.17) is 21.6 Å². The third-order valence-corrected chi connectivity index (χ3v) is 5.02. The fourth-order valence-corrected chi connectivity index (χ4v) is 3.40. The number of nitrogens with zero attached hydrogens (tertiary/aromatic N) is 3. The second-order valence-electron chi connectivity index (χ2n) is 6.61. The van der Waals surface area contributed by atoms with Gasteiger partial charge in [-0.05, 0) is 31.0 Å². The predicted molar refractivity (Wildman–Crippen MR) is 103 cm³/mol. The first-order chi connectivity index (χ1) is 13.5. The molecule has 0 aliphatic carbocycles. The monoisotopic (exact) mass is 406 g/mol. The van der Waals surface area contributed by atoms with Crippen LogP contribution in [0, 0.1) is 17.1 Å². The van der Waals surface area contributed by atoms with Gasteiger partial charge in [0.15, 0.2) is 0 Å². The number of rotatable bonds is 5. The van der Waals surface area contributed by atoms with Gasteiger partial charge in [0.1, 0.15) is 17.8 Å². The number of nitriles is 1. The number of amides is 2. The number of hydrogen-bond donors (Lipinski definition) is 1. The number of ether oxygens (including phenoxy) is 1. The number of cyclic esters (lactones) is 1. The van der Waals surface area contributed by atoms with Gasteiger partial charge in [0.2, 0.25) is 5.91 Å². The van der Waals surface area contributed by atoms with Crippen LogP contribution in [0.2, 0.25) is 0 Å². The lowest BCUT2D eigenvalue weighted by Gasteiger charge is -2.30. The normalized spacial score (nSPS) is 19.2.